The fourth-order valence-electron chi connectivity index (χ4n) is 2.75. The highest BCUT2D eigenvalue weighted by atomic mass is 16.2. The molecule has 10 heteroatoms. The molecule has 0 bridgehead atoms. The molecule has 0 saturated heterocycles. The standard InChI is InChI=1S/C16H15N7O3/c17-13-12(15(25)18-16(26)23(13)10-6-7-10)11(24)8-22-20-14(19-21-22)9-4-2-1-3-5-9/h1-5,10H,6-8,17H2,(H,18,25,26). The summed E-state index contributed by atoms with van der Waals surface area (Å²) in [7, 11) is 0. The number of rotatable bonds is 5. The highest BCUT2D eigenvalue weighted by molar-refractivity contribution is 5.99. The van der Waals surface area contributed by atoms with Gasteiger partial charge >= 0.3 is 5.69 Å². The van der Waals surface area contributed by atoms with E-state index in [4.69, 9.17) is 5.73 Å². The first-order valence-corrected chi connectivity index (χ1v) is 8.05. The number of carbonyl (C=O) groups is 1. The van der Waals surface area contributed by atoms with E-state index >= 15 is 0 Å². The maximum absolute atomic E-state index is 12.6. The molecule has 0 atom stereocenters. The van der Waals surface area contributed by atoms with Gasteiger partial charge in [-0.25, -0.2) is 4.79 Å². The predicted molar refractivity (Wildman–Crippen MR) is 91.6 cm³/mol. The van der Waals surface area contributed by atoms with E-state index in [1.54, 1.807) is 0 Å². The molecule has 26 heavy (non-hydrogen) atoms. The SMILES string of the molecule is Nc1c(C(=O)Cn2nnc(-c3ccccc3)n2)c(=O)[nH]c(=O)n1C1CC1. The summed E-state index contributed by atoms with van der Waals surface area (Å²) in [5.74, 6) is -0.340. The van der Waals surface area contributed by atoms with Gasteiger partial charge in [-0.2, -0.15) is 4.80 Å². The predicted octanol–water partition coefficient (Wildman–Crippen LogP) is -0.00990. The second-order valence-electron chi connectivity index (χ2n) is 6.05. The Balaban J connectivity index is 1.64. The van der Waals surface area contributed by atoms with Crippen LogP contribution in [0.25, 0.3) is 11.4 Å². The zero-order valence-corrected chi connectivity index (χ0v) is 13.6. The number of Topliss-reactive ketones (excluding diaryl/α,β-unsaturated/α-hetero) is 1. The second-order valence-corrected chi connectivity index (χ2v) is 6.05. The number of aromatic nitrogens is 6. The normalized spacial score (nSPS) is 13.7. The van der Waals surface area contributed by atoms with Crippen LogP contribution in [0.5, 0.6) is 0 Å². The number of benzene rings is 1. The van der Waals surface area contributed by atoms with Crippen LogP contribution in [-0.2, 0) is 6.54 Å². The van der Waals surface area contributed by atoms with Gasteiger partial charge in [-0.15, -0.1) is 10.2 Å². The molecule has 1 aliphatic carbocycles. The van der Waals surface area contributed by atoms with Crippen LogP contribution in [0, 0.1) is 0 Å². The van der Waals surface area contributed by atoms with E-state index in [0.29, 0.717) is 5.82 Å². The van der Waals surface area contributed by atoms with E-state index in [9.17, 15) is 14.4 Å². The van der Waals surface area contributed by atoms with Crippen LogP contribution in [0.2, 0.25) is 0 Å². The van der Waals surface area contributed by atoms with E-state index in [2.05, 4.69) is 20.4 Å². The van der Waals surface area contributed by atoms with Crippen molar-refractivity contribution in [3.8, 4) is 11.4 Å². The zero-order valence-electron chi connectivity index (χ0n) is 13.6. The van der Waals surface area contributed by atoms with Crippen molar-refractivity contribution in [2.45, 2.75) is 25.4 Å². The Morgan fingerprint density at radius 2 is 1.96 bits per heavy atom. The molecular weight excluding hydrogens is 338 g/mol. The Labute approximate surface area is 146 Å². The zero-order chi connectivity index (χ0) is 18.3. The molecule has 1 aromatic carbocycles. The quantitative estimate of drug-likeness (QED) is 0.614. The molecule has 3 aromatic rings. The van der Waals surface area contributed by atoms with Crippen LogP contribution in [0.1, 0.15) is 29.2 Å². The van der Waals surface area contributed by atoms with Crippen molar-refractivity contribution in [2.24, 2.45) is 0 Å². The maximum Gasteiger partial charge on any atom is 0.330 e. The molecule has 132 valence electrons. The molecule has 2 aromatic heterocycles. The van der Waals surface area contributed by atoms with Crippen LogP contribution in [0.15, 0.2) is 39.9 Å². The minimum absolute atomic E-state index is 0.0694. The summed E-state index contributed by atoms with van der Waals surface area (Å²) < 4.78 is 1.26. The van der Waals surface area contributed by atoms with Gasteiger partial charge in [0.15, 0.2) is 5.78 Å². The summed E-state index contributed by atoms with van der Waals surface area (Å²) >= 11 is 0. The van der Waals surface area contributed by atoms with Gasteiger partial charge in [0.2, 0.25) is 5.82 Å². The number of ketones is 1. The second kappa shape index (κ2) is 6.06. The number of hydrogen-bond acceptors (Lipinski definition) is 7. The average Bonchev–Trinajstić information content (AvgIpc) is 3.33. The monoisotopic (exact) mass is 353 g/mol. The van der Waals surface area contributed by atoms with Crippen molar-refractivity contribution in [2.75, 3.05) is 5.73 Å². The molecule has 1 saturated carbocycles. The molecule has 0 radical (unpaired) electrons. The van der Waals surface area contributed by atoms with E-state index in [-0.39, 0.29) is 24.0 Å². The molecule has 1 fully saturated rings. The minimum atomic E-state index is -0.808. The summed E-state index contributed by atoms with van der Waals surface area (Å²) in [6.45, 7) is -0.310. The molecule has 0 amide bonds. The van der Waals surface area contributed by atoms with E-state index in [0.717, 1.165) is 23.2 Å². The van der Waals surface area contributed by atoms with Gasteiger partial charge in [0.25, 0.3) is 5.56 Å². The first kappa shape index (κ1) is 15.9. The molecule has 0 spiro atoms. The number of nitrogens with one attached hydrogen (secondary N) is 1. The van der Waals surface area contributed by atoms with Crippen molar-refractivity contribution >= 4 is 11.6 Å². The van der Waals surface area contributed by atoms with Crippen LogP contribution in [-0.4, -0.2) is 35.5 Å². The summed E-state index contributed by atoms with van der Waals surface area (Å²) in [5, 5.41) is 11.9. The minimum Gasteiger partial charge on any atom is -0.384 e. The highest BCUT2D eigenvalue weighted by Gasteiger charge is 2.30. The summed E-state index contributed by atoms with van der Waals surface area (Å²) in [6, 6.07) is 9.10. The topological polar surface area (TPSA) is 142 Å². The van der Waals surface area contributed by atoms with Gasteiger partial charge in [0.1, 0.15) is 17.9 Å². The molecule has 0 aliphatic heterocycles. The summed E-state index contributed by atoms with van der Waals surface area (Å²) in [5.41, 5.74) is 5.03. The number of carbonyl (C=O) groups excluding carboxylic acids is 1. The molecule has 3 N–H and O–H groups in total. The lowest BCUT2D eigenvalue weighted by atomic mass is 10.2. The smallest absolute Gasteiger partial charge is 0.330 e. The highest BCUT2D eigenvalue weighted by Crippen LogP contribution is 2.35. The third-order valence-electron chi connectivity index (χ3n) is 4.14. The van der Waals surface area contributed by atoms with Crippen molar-refractivity contribution in [1.82, 2.24) is 29.8 Å². The van der Waals surface area contributed by atoms with Crippen LogP contribution < -0.4 is 17.0 Å². The third-order valence-corrected chi connectivity index (χ3v) is 4.14. The van der Waals surface area contributed by atoms with Gasteiger partial charge in [-0.1, -0.05) is 30.3 Å². The van der Waals surface area contributed by atoms with E-state index < -0.39 is 17.0 Å². The lowest BCUT2D eigenvalue weighted by Gasteiger charge is -2.10. The first-order chi connectivity index (χ1) is 12.5. The lowest BCUT2D eigenvalue weighted by Crippen LogP contribution is -2.36. The Morgan fingerprint density at radius 1 is 1.23 bits per heavy atom. The largest absolute Gasteiger partial charge is 0.384 e. The van der Waals surface area contributed by atoms with Crippen LogP contribution in [0.3, 0.4) is 0 Å². The summed E-state index contributed by atoms with van der Waals surface area (Å²) in [4.78, 5) is 39.8. The number of H-pyrrole nitrogens is 1. The van der Waals surface area contributed by atoms with Crippen LogP contribution in [0.4, 0.5) is 5.82 Å². The van der Waals surface area contributed by atoms with Gasteiger partial charge in [-0.05, 0) is 18.1 Å². The van der Waals surface area contributed by atoms with E-state index in [1.807, 2.05) is 30.3 Å². The number of aromatic amines is 1. The Hall–Kier alpha value is -3.56. The van der Waals surface area contributed by atoms with Gasteiger partial charge in [0, 0.05) is 11.6 Å². The number of nitrogens with two attached hydrogens (primary N) is 1. The summed E-state index contributed by atoms with van der Waals surface area (Å²) in [6.07, 6.45) is 1.57. The van der Waals surface area contributed by atoms with Gasteiger partial charge in [-0.3, -0.25) is 19.1 Å². The lowest BCUT2D eigenvalue weighted by molar-refractivity contribution is 0.0960. The molecule has 10 nitrogen and oxygen atoms in total. The number of nitrogens with zero attached hydrogens (tertiary/aromatic N) is 5. The number of tetrazole rings is 1. The first-order valence-electron chi connectivity index (χ1n) is 8.05. The Kier molecular flexibility index (Phi) is 3.72. The van der Waals surface area contributed by atoms with Crippen molar-refractivity contribution in [3.05, 3.63) is 56.7 Å². The Bertz CT molecular complexity index is 1090. The van der Waals surface area contributed by atoms with E-state index in [1.165, 1.54) is 4.57 Å². The molecule has 1 aliphatic rings. The maximum atomic E-state index is 12.6. The number of hydrogen-bond donors (Lipinski definition) is 2. The van der Waals surface area contributed by atoms with Crippen LogP contribution >= 0.6 is 0 Å². The van der Waals surface area contributed by atoms with Crippen molar-refractivity contribution in [1.29, 1.82) is 0 Å². The van der Waals surface area contributed by atoms with Gasteiger partial charge < -0.3 is 5.73 Å². The number of anilines is 1. The average molecular weight is 353 g/mol. The molecule has 0 unspecified atom stereocenters. The van der Waals surface area contributed by atoms with Gasteiger partial charge in [0.05, 0.1) is 0 Å². The molecule has 4 rings (SSSR count). The Morgan fingerprint density at radius 3 is 2.65 bits per heavy atom. The molecule has 2 heterocycles. The molecular formula is C16H15N7O3. The fraction of sp³-hybridized carbons (Fsp3) is 0.250. The fourth-order valence-corrected chi connectivity index (χ4v) is 2.75. The van der Waals surface area contributed by atoms with Crippen molar-refractivity contribution < 1.29 is 4.79 Å². The third kappa shape index (κ3) is 2.81. The number of nitrogen functional groups attached to an aromatic ring is 1. The van der Waals surface area contributed by atoms with Crippen molar-refractivity contribution in [3.63, 3.8) is 0 Å².